The molecule has 1 amide bonds. The molecule has 1 heterocycles. The van der Waals surface area contributed by atoms with Crippen LogP contribution in [0.4, 0.5) is 0 Å². The molecular weight excluding hydrogens is 415 g/mol. The first-order chi connectivity index (χ1) is 12.8. The average molecular weight is 431 g/mol. The van der Waals surface area contributed by atoms with Gasteiger partial charge in [0, 0.05) is 18.6 Å². The van der Waals surface area contributed by atoms with Crippen LogP contribution in [0.1, 0.15) is 5.56 Å². The molecule has 0 unspecified atom stereocenters. The Morgan fingerprint density at radius 2 is 1.89 bits per heavy atom. The number of likely N-dealkylation sites (N-methyl/N-ethyl adjacent to an activating group) is 1. The second kappa shape index (κ2) is 7.93. The molecule has 1 aliphatic rings. The summed E-state index contributed by atoms with van der Waals surface area (Å²) in [4.78, 5) is 12.0. The molecule has 0 radical (unpaired) electrons. The number of nitrogens with zero attached hydrogens (tertiary/aromatic N) is 1. The van der Waals surface area contributed by atoms with Crippen LogP contribution in [0.25, 0.3) is 0 Å². The maximum Gasteiger partial charge on any atom is 0.244 e. The highest BCUT2D eigenvalue weighted by Crippen LogP contribution is 2.32. The summed E-state index contributed by atoms with van der Waals surface area (Å²) in [6.07, 6.45) is 0. The number of hydrogen-bond acceptors (Lipinski definition) is 5. The van der Waals surface area contributed by atoms with Crippen molar-refractivity contribution < 1.29 is 22.7 Å². The zero-order valence-electron chi connectivity index (χ0n) is 14.2. The van der Waals surface area contributed by atoms with Crippen LogP contribution < -0.4 is 14.8 Å². The van der Waals surface area contributed by atoms with Gasteiger partial charge in [-0.25, -0.2) is 8.42 Å². The second-order valence-corrected chi connectivity index (χ2v) is 8.66. The van der Waals surface area contributed by atoms with Crippen molar-refractivity contribution in [2.75, 3.05) is 20.4 Å². The summed E-state index contributed by atoms with van der Waals surface area (Å²) in [7, 11) is -2.66. The van der Waals surface area contributed by atoms with Crippen molar-refractivity contribution in [2.24, 2.45) is 0 Å². The number of ether oxygens (including phenoxy) is 2. The Morgan fingerprint density at radius 1 is 1.15 bits per heavy atom. The molecule has 7 nitrogen and oxygen atoms in total. The van der Waals surface area contributed by atoms with Crippen molar-refractivity contribution in [2.45, 2.75) is 11.4 Å². The number of hydrogen-bond donors (Lipinski definition) is 1. The Balaban J connectivity index is 1.62. The molecule has 0 saturated heterocycles. The van der Waals surface area contributed by atoms with Gasteiger partial charge >= 0.3 is 0 Å². The number of rotatable bonds is 6. The molecule has 0 bridgehead atoms. The molecule has 0 aromatic heterocycles. The minimum Gasteiger partial charge on any atom is -0.454 e. The summed E-state index contributed by atoms with van der Waals surface area (Å²) in [6, 6.07) is 9.43. The molecule has 10 heteroatoms. The molecule has 2 aromatic rings. The third-order valence-corrected chi connectivity index (χ3v) is 6.39. The molecule has 3 rings (SSSR count). The standard InChI is InChI=1S/C17H16Cl2N2O5S/c1-21(27(23,24)16-7-12(18)3-4-13(16)19)9-17(22)20-8-11-2-5-14-15(6-11)26-10-25-14/h2-7H,8-10H2,1H3,(H,20,22). The highest BCUT2D eigenvalue weighted by molar-refractivity contribution is 7.89. The van der Waals surface area contributed by atoms with E-state index < -0.39 is 15.9 Å². The highest BCUT2D eigenvalue weighted by atomic mass is 35.5. The van der Waals surface area contributed by atoms with Crippen molar-refractivity contribution in [3.8, 4) is 11.5 Å². The maximum atomic E-state index is 12.6. The minimum absolute atomic E-state index is 0.0343. The van der Waals surface area contributed by atoms with Gasteiger partial charge in [-0.05, 0) is 35.9 Å². The van der Waals surface area contributed by atoms with Gasteiger partial charge in [0.1, 0.15) is 4.90 Å². The van der Waals surface area contributed by atoms with Crippen LogP contribution in [0.5, 0.6) is 11.5 Å². The van der Waals surface area contributed by atoms with E-state index in [1.165, 1.54) is 25.2 Å². The van der Waals surface area contributed by atoms with E-state index in [0.717, 1.165) is 9.87 Å². The summed E-state index contributed by atoms with van der Waals surface area (Å²) in [6.45, 7) is 0.0247. The zero-order chi connectivity index (χ0) is 19.6. The van der Waals surface area contributed by atoms with E-state index in [2.05, 4.69) is 5.32 Å². The summed E-state index contributed by atoms with van der Waals surface area (Å²) in [5.74, 6) is 0.795. The van der Waals surface area contributed by atoms with Gasteiger partial charge in [0.15, 0.2) is 11.5 Å². The zero-order valence-corrected chi connectivity index (χ0v) is 16.6. The number of carbonyl (C=O) groups excluding carboxylic acids is 1. The molecule has 0 fully saturated rings. The number of sulfonamides is 1. The van der Waals surface area contributed by atoms with Gasteiger partial charge in [-0.2, -0.15) is 4.31 Å². The van der Waals surface area contributed by atoms with Crippen LogP contribution in [0.15, 0.2) is 41.3 Å². The topological polar surface area (TPSA) is 84.9 Å². The van der Waals surface area contributed by atoms with Crippen molar-refractivity contribution >= 4 is 39.1 Å². The molecule has 0 saturated carbocycles. The van der Waals surface area contributed by atoms with E-state index in [9.17, 15) is 13.2 Å². The summed E-state index contributed by atoms with van der Waals surface area (Å²) in [5.41, 5.74) is 0.802. The van der Waals surface area contributed by atoms with Gasteiger partial charge in [-0.1, -0.05) is 29.3 Å². The van der Waals surface area contributed by atoms with E-state index >= 15 is 0 Å². The normalized spacial score (nSPS) is 13.0. The fourth-order valence-electron chi connectivity index (χ4n) is 2.44. The lowest BCUT2D eigenvalue weighted by Gasteiger charge is -2.18. The van der Waals surface area contributed by atoms with Gasteiger partial charge in [0.05, 0.1) is 11.6 Å². The van der Waals surface area contributed by atoms with Crippen molar-refractivity contribution in [3.05, 3.63) is 52.0 Å². The molecule has 1 aliphatic heterocycles. The SMILES string of the molecule is CN(CC(=O)NCc1ccc2c(c1)OCO2)S(=O)(=O)c1cc(Cl)ccc1Cl. The van der Waals surface area contributed by atoms with E-state index in [0.29, 0.717) is 11.5 Å². The molecule has 0 aliphatic carbocycles. The number of carbonyl (C=O) groups is 1. The summed E-state index contributed by atoms with van der Waals surface area (Å²) in [5, 5.41) is 2.94. The van der Waals surface area contributed by atoms with E-state index in [1.54, 1.807) is 18.2 Å². The first-order valence-electron chi connectivity index (χ1n) is 7.84. The molecular formula is C17H16Cl2N2O5S. The third kappa shape index (κ3) is 4.47. The van der Waals surface area contributed by atoms with E-state index in [1.807, 2.05) is 0 Å². The van der Waals surface area contributed by atoms with Gasteiger partial charge in [-0.15, -0.1) is 0 Å². The molecule has 0 spiro atoms. The fourth-order valence-corrected chi connectivity index (χ4v) is 4.30. The predicted molar refractivity (Wildman–Crippen MR) is 101 cm³/mol. The maximum absolute atomic E-state index is 12.6. The first kappa shape index (κ1) is 19.8. The Kier molecular flexibility index (Phi) is 5.81. The lowest BCUT2D eigenvalue weighted by molar-refractivity contribution is -0.121. The average Bonchev–Trinajstić information content (AvgIpc) is 3.09. The van der Waals surface area contributed by atoms with Crippen molar-refractivity contribution in [1.82, 2.24) is 9.62 Å². The number of benzene rings is 2. The highest BCUT2D eigenvalue weighted by Gasteiger charge is 2.25. The number of nitrogens with one attached hydrogen (secondary N) is 1. The third-order valence-electron chi connectivity index (χ3n) is 3.87. The smallest absolute Gasteiger partial charge is 0.244 e. The lowest BCUT2D eigenvalue weighted by Crippen LogP contribution is -2.38. The Labute approximate surface area is 166 Å². The Morgan fingerprint density at radius 3 is 2.67 bits per heavy atom. The first-order valence-corrected chi connectivity index (χ1v) is 10.0. The van der Waals surface area contributed by atoms with Gasteiger partial charge in [-0.3, -0.25) is 4.79 Å². The minimum atomic E-state index is -3.96. The largest absolute Gasteiger partial charge is 0.454 e. The van der Waals surface area contributed by atoms with Crippen molar-refractivity contribution in [1.29, 1.82) is 0 Å². The second-order valence-electron chi connectivity index (χ2n) is 5.80. The van der Waals surface area contributed by atoms with Gasteiger partial charge < -0.3 is 14.8 Å². The quantitative estimate of drug-likeness (QED) is 0.761. The van der Waals surface area contributed by atoms with E-state index in [-0.39, 0.29) is 34.8 Å². The summed E-state index contributed by atoms with van der Waals surface area (Å²) < 4.78 is 36.7. The summed E-state index contributed by atoms with van der Waals surface area (Å²) >= 11 is 11.8. The van der Waals surface area contributed by atoms with Gasteiger partial charge in [0.2, 0.25) is 22.7 Å². The molecule has 144 valence electrons. The van der Waals surface area contributed by atoms with Crippen LogP contribution in [0.2, 0.25) is 10.0 Å². The van der Waals surface area contributed by atoms with Crippen LogP contribution in [-0.4, -0.2) is 39.0 Å². The van der Waals surface area contributed by atoms with Crippen molar-refractivity contribution in [3.63, 3.8) is 0 Å². The lowest BCUT2D eigenvalue weighted by atomic mass is 10.2. The monoisotopic (exact) mass is 430 g/mol. The molecule has 0 atom stereocenters. The number of fused-ring (bicyclic) bond motifs is 1. The molecule has 27 heavy (non-hydrogen) atoms. The van der Waals surface area contributed by atoms with Crippen LogP contribution >= 0.6 is 23.2 Å². The molecule has 2 aromatic carbocycles. The van der Waals surface area contributed by atoms with Crippen LogP contribution in [0.3, 0.4) is 0 Å². The van der Waals surface area contributed by atoms with Crippen LogP contribution in [0, 0.1) is 0 Å². The number of halogens is 2. The van der Waals surface area contributed by atoms with Gasteiger partial charge in [0.25, 0.3) is 0 Å². The number of amides is 1. The molecule has 1 N–H and O–H groups in total. The van der Waals surface area contributed by atoms with Crippen LogP contribution in [-0.2, 0) is 21.4 Å². The Hall–Kier alpha value is -2.00. The Bertz CT molecular complexity index is 981. The predicted octanol–water partition coefficient (Wildman–Crippen LogP) is 2.66. The van der Waals surface area contributed by atoms with E-state index in [4.69, 9.17) is 32.7 Å². The fraction of sp³-hybridized carbons (Fsp3) is 0.235.